The van der Waals surface area contributed by atoms with Crippen molar-refractivity contribution in [2.24, 2.45) is 0 Å². The van der Waals surface area contributed by atoms with Crippen LogP contribution in [0.4, 0.5) is 19.0 Å². The van der Waals surface area contributed by atoms with E-state index in [0.29, 0.717) is 12.4 Å². The molecule has 0 amide bonds. The maximum Gasteiger partial charge on any atom is 0.417 e. The number of ether oxygens (including phenoxy) is 1. The van der Waals surface area contributed by atoms with Crippen LogP contribution >= 0.6 is 0 Å². The van der Waals surface area contributed by atoms with E-state index < -0.39 is 11.7 Å². The molecule has 4 nitrogen and oxygen atoms in total. The highest BCUT2D eigenvalue weighted by Crippen LogP contribution is 2.29. The van der Waals surface area contributed by atoms with Gasteiger partial charge in [0.2, 0.25) is 0 Å². The summed E-state index contributed by atoms with van der Waals surface area (Å²) in [6.45, 7) is 8.86. The molecule has 0 bridgehead atoms. The van der Waals surface area contributed by atoms with Gasteiger partial charge in [-0.25, -0.2) is 4.98 Å². The van der Waals surface area contributed by atoms with Gasteiger partial charge in [-0.15, -0.1) is 0 Å². The first-order chi connectivity index (χ1) is 10.4. The van der Waals surface area contributed by atoms with E-state index in [-0.39, 0.29) is 6.10 Å². The first-order valence-corrected chi connectivity index (χ1v) is 7.48. The van der Waals surface area contributed by atoms with E-state index in [1.54, 1.807) is 0 Å². The lowest BCUT2D eigenvalue weighted by molar-refractivity contribution is -0.137. The third kappa shape index (κ3) is 4.84. The molecule has 0 N–H and O–H groups in total. The Kier molecular flexibility index (Phi) is 5.63. The Hall–Kier alpha value is -1.34. The molecular weight excluding hydrogens is 295 g/mol. The molecule has 2 rings (SSSR count). The second-order valence-electron chi connectivity index (χ2n) is 5.65. The standard InChI is InChI=1S/C15H22F3N3O/c1-12(2)22-10-9-20-5-7-21(8-6-20)14-4-3-13(11-19-14)15(16,17)18/h3-4,11-12H,5-10H2,1-2H3. The molecule has 1 aliphatic heterocycles. The van der Waals surface area contributed by atoms with E-state index in [1.165, 1.54) is 6.07 Å². The molecule has 0 radical (unpaired) electrons. The van der Waals surface area contributed by atoms with Crippen molar-refractivity contribution in [1.82, 2.24) is 9.88 Å². The molecular formula is C15H22F3N3O. The third-order valence-electron chi connectivity index (χ3n) is 3.63. The summed E-state index contributed by atoms with van der Waals surface area (Å²) in [5, 5.41) is 0. The van der Waals surface area contributed by atoms with Gasteiger partial charge in [0.1, 0.15) is 5.82 Å². The first-order valence-electron chi connectivity index (χ1n) is 7.48. The number of pyridine rings is 1. The van der Waals surface area contributed by atoms with Crippen molar-refractivity contribution in [2.75, 3.05) is 44.2 Å². The smallest absolute Gasteiger partial charge is 0.377 e. The van der Waals surface area contributed by atoms with Gasteiger partial charge >= 0.3 is 6.18 Å². The second kappa shape index (κ2) is 7.28. The minimum Gasteiger partial charge on any atom is -0.377 e. The highest BCUT2D eigenvalue weighted by atomic mass is 19.4. The largest absolute Gasteiger partial charge is 0.417 e. The highest BCUT2D eigenvalue weighted by Gasteiger charge is 2.31. The predicted molar refractivity (Wildman–Crippen MR) is 79.0 cm³/mol. The number of halogens is 3. The zero-order chi connectivity index (χ0) is 16.2. The maximum atomic E-state index is 12.5. The number of rotatable bonds is 5. The quantitative estimate of drug-likeness (QED) is 0.835. The van der Waals surface area contributed by atoms with Crippen LogP contribution in [0.25, 0.3) is 0 Å². The molecule has 124 valence electrons. The summed E-state index contributed by atoms with van der Waals surface area (Å²) in [5.41, 5.74) is -0.708. The average molecular weight is 317 g/mol. The lowest BCUT2D eigenvalue weighted by Gasteiger charge is -2.35. The Morgan fingerprint density at radius 2 is 1.86 bits per heavy atom. The van der Waals surface area contributed by atoms with Crippen LogP contribution in [0.2, 0.25) is 0 Å². The molecule has 0 saturated carbocycles. The van der Waals surface area contributed by atoms with E-state index in [9.17, 15) is 13.2 Å². The van der Waals surface area contributed by atoms with Crippen LogP contribution in [-0.4, -0.2) is 55.3 Å². The van der Waals surface area contributed by atoms with Crippen LogP contribution < -0.4 is 4.90 Å². The van der Waals surface area contributed by atoms with Crippen molar-refractivity contribution in [1.29, 1.82) is 0 Å². The fourth-order valence-electron chi connectivity index (χ4n) is 2.36. The van der Waals surface area contributed by atoms with Crippen molar-refractivity contribution in [3.05, 3.63) is 23.9 Å². The van der Waals surface area contributed by atoms with Gasteiger partial charge in [-0.05, 0) is 26.0 Å². The minimum atomic E-state index is -4.33. The molecule has 7 heteroatoms. The number of aromatic nitrogens is 1. The predicted octanol–water partition coefficient (Wildman–Crippen LogP) is 2.65. The second-order valence-corrected chi connectivity index (χ2v) is 5.65. The molecule has 0 spiro atoms. The number of nitrogens with zero attached hydrogens (tertiary/aromatic N) is 3. The van der Waals surface area contributed by atoms with Crippen LogP contribution in [-0.2, 0) is 10.9 Å². The van der Waals surface area contributed by atoms with Gasteiger partial charge in [0, 0.05) is 38.9 Å². The Morgan fingerprint density at radius 3 is 2.36 bits per heavy atom. The van der Waals surface area contributed by atoms with Crippen LogP contribution in [0, 0.1) is 0 Å². The molecule has 0 atom stereocenters. The Bertz CT molecular complexity index is 454. The summed E-state index contributed by atoms with van der Waals surface area (Å²) in [4.78, 5) is 8.25. The molecule has 1 aromatic rings. The van der Waals surface area contributed by atoms with Crippen LogP contribution in [0.1, 0.15) is 19.4 Å². The van der Waals surface area contributed by atoms with E-state index in [1.807, 2.05) is 18.7 Å². The fraction of sp³-hybridized carbons (Fsp3) is 0.667. The van der Waals surface area contributed by atoms with Gasteiger partial charge in [0.15, 0.2) is 0 Å². The number of piperazine rings is 1. The van der Waals surface area contributed by atoms with E-state index in [4.69, 9.17) is 4.74 Å². The summed E-state index contributed by atoms with van der Waals surface area (Å²) in [6.07, 6.45) is -3.20. The van der Waals surface area contributed by atoms with Gasteiger partial charge in [-0.1, -0.05) is 0 Å². The van der Waals surface area contributed by atoms with E-state index in [0.717, 1.165) is 45.0 Å². The molecule has 2 heterocycles. The molecule has 22 heavy (non-hydrogen) atoms. The van der Waals surface area contributed by atoms with Gasteiger partial charge in [-0.3, -0.25) is 4.90 Å². The Labute approximate surface area is 128 Å². The zero-order valence-corrected chi connectivity index (χ0v) is 12.9. The highest BCUT2D eigenvalue weighted by molar-refractivity contribution is 5.40. The number of hydrogen-bond donors (Lipinski definition) is 0. The molecule has 1 aliphatic rings. The van der Waals surface area contributed by atoms with Crippen molar-refractivity contribution >= 4 is 5.82 Å². The molecule has 0 aliphatic carbocycles. The fourth-order valence-corrected chi connectivity index (χ4v) is 2.36. The van der Waals surface area contributed by atoms with Crippen LogP contribution in [0.15, 0.2) is 18.3 Å². The molecule has 0 unspecified atom stereocenters. The first kappa shape index (κ1) is 17.0. The van der Waals surface area contributed by atoms with E-state index >= 15 is 0 Å². The Morgan fingerprint density at radius 1 is 1.18 bits per heavy atom. The summed E-state index contributed by atoms with van der Waals surface area (Å²) < 4.78 is 43.1. The average Bonchev–Trinajstić information content (AvgIpc) is 2.47. The minimum absolute atomic E-state index is 0.234. The van der Waals surface area contributed by atoms with Crippen molar-refractivity contribution in [2.45, 2.75) is 26.1 Å². The molecule has 1 fully saturated rings. The third-order valence-corrected chi connectivity index (χ3v) is 3.63. The lowest BCUT2D eigenvalue weighted by Crippen LogP contribution is -2.47. The monoisotopic (exact) mass is 317 g/mol. The molecule has 1 saturated heterocycles. The number of anilines is 1. The van der Waals surface area contributed by atoms with Crippen molar-refractivity contribution in [3.8, 4) is 0 Å². The van der Waals surface area contributed by atoms with Crippen LogP contribution in [0.3, 0.4) is 0 Å². The van der Waals surface area contributed by atoms with Crippen LogP contribution in [0.5, 0.6) is 0 Å². The summed E-state index contributed by atoms with van der Waals surface area (Å²) >= 11 is 0. The summed E-state index contributed by atoms with van der Waals surface area (Å²) in [6, 6.07) is 2.53. The van der Waals surface area contributed by atoms with Gasteiger partial charge < -0.3 is 9.64 Å². The van der Waals surface area contributed by atoms with Crippen molar-refractivity contribution < 1.29 is 17.9 Å². The summed E-state index contributed by atoms with van der Waals surface area (Å²) in [7, 11) is 0. The topological polar surface area (TPSA) is 28.6 Å². The zero-order valence-electron chi connectivity index (χ0n) is 12.9. The van der Waals surface area contributed by atoms with Gasteiger partial charge in [-0.2, -0.15) is 13.2 Å². The SMILES string of the molecule is CC(C)OCCN1CCN(c2ccc(C(F)(F)F)cn2)CC1. The number of alkyl halides is 3. The van der Waals surface area contributed by atoms with Gasteiger partial charge in [0.05, 0.1) is 18.3 Å². The van der Waals surface area contributed by atoms with E-state index in [2.05, 4.69) is 9.88 Å². The normalized spacial score (nSPS) is 17.3. The molecule has 0 aromatic carbocycles. The lowest BCUT2D eigenvalue weighted by atomic mass is 10.2. The Balaban J connectivity index is 1.81. The van der Waals surface area contributed by atoms with Crippen molar-refractivity contribution in [3.63, 3.8) is 0 Å². The summed E-state index contributed by atoms with van der Waals surface area (Å²) in [5.74, 6) is 0.603. The number of hydrogen-bond acceptors (Lipinski definition) is 4. The van der Waals surface area contributed by atoms with Gasteiger partial charge in [0.25, 0.3) is 0 Å². The molecule has 1 aromatic heterocycles. The maximum absolute atomic E-state index is 12.5.